The Morgan fingerprint density at radius 3 is 2.96 bits per heavy atom. The Morgan fingerprint density at radius 1 is 1.39 bits per heavy atom. The summed E-state index contributed by atoms with van der Waals surface area (Å²) in [5, 5.41) is 3.05. The van der Waals surface area contributed by atoms with Gasteiger partial charge in [0.15, 0.2) is 0 Å². The Balaban J connectivity index is 1.39. The predicted molar refractivity (Wildman–Crippen MR) is 103 cm³/mol. The highest BCUT2D eigenvalue weighted by Crippen LogP contribution is 2.47. The summed E-state index contributed by atoms with van der Waals surface area (Å²) in [7, 11) is 0. The zero-order valence-electron chi connectivity index (χ0n) is 15.6. The van der Waals surface area contributed by atoms with E-state index in [4.69, 9.17) is 0 Å². The molecule has 0 aliphatic carbocycles. The molecule has 4 rings (SSSR count). The summed E-state index contributed by atoms with van der Waals surface area (Å²) in [5.74, 6) is 0.652. The lowest BCUT2D eigenvalue weighted by Crippen LogP contribution is -2.52. The number of carbonyl (C=O) groups excluding carboxylic acids is 2. The van der Waals surface area contributed by atoms with Crippen LogP contribution in [-0.4, -0.2) is 59.1 Å². The number of thioether (sulfide) groups is 1. The molecule has 3 aliphatic heterocycles. The number of amides is 2. The summed E-state index contributed by atoms with van der Waals surface area (Å²) >= 11 is 1.66. The van der Waals surface area contributed by atoms with Crippen LogP contribution < -0.4 is 15.0 Å². The molecule has 3 aliphatic rings. The van der Waals surface area contributed by atoms with Gasteiger partial charge in [0.1, 0.15) is 11.8 Å². The second-order valence-electron chi connectivity index (χ2n) is 7.55. The third kappa shape index (κ3) is 3.52. The van der Waals surface area contributed by atoms with Crippen LogP contribution in [0.4, 0.5) is 14.5 Å². The number of benzene rings is 1. The van der Waals surface area contributed by atoms with Crippen LogP contribution in [0.2, 0.25) is 0 Å². The Kier molecular flexibility index (Phi) is 5.11. The Bertz CT molecular complexity index is 781. The van der Waals surface area contributed by atoms with Gasteiger partial charge in [-0.25, -0.2) is 0 Å². The number of halogens is 2. The SMILES string of the molecule is C[C@]12CCC(=O)N1[C@@H](C(=O)N[C@@H]1CCN(c3ccccc3OC(F)F)C1)CS2. The third-order valence-corrected chi connectivity index (χ3v) is 7.21. The van der Waals surface area contributed by atoms with Gasteiger partial charge in [0.25, 0.3) is 0 Å². The fraction of sp³-hybridized carbons (Fsp3) is 0.579. The van der Waals surface area contributed by atoms with Crippen LogP contribution in [-0.2, 0) is 9.59 Å². The maximum atomic E-state index is 12.8. The Labute approximate surface area is 166 Å². The quantitative estimate of drug-likeness (QED) is 0.807. The van der Waals surface area contributed by atoms with Crippen molar-refractivity contribution < 1.29 is 23.1 Å². The van der Waals surface area contributed by atoms with Gasteiger partial charge in [0, 0.05) is 31.3 Å². The first-order valence-electron chi connectivity index (χ1n) is 9.43. The Hall–Kier alpha value is -2.03. The molecule has 9 heteroatoms. The molecule has 152 valence electrons. The zero-order chi connectivity index (χ0) is 19.9. The number of hydrogen-bond acceptors (Lipinski definition) is 5. The summed E-state index contributed by atoms with van der Waals surface area (Å²) in [6.45, 7) is 0.286. The first-order valence-corrected chi connectivity index (χ1v) is 10.4. The normalized spacial score (nSPS) is 29.5. The maximum Gasteiger partial charge on any atom is 0.387 e. The van der Waals surface area contributed by atoms with E-state index in [-0.39, 0.29) is 28.5 Å². The van der Waals surface area contributed by atoms with E-state index in [1.54, 1.807) is 34.9 Å². The van der Waals surface area contributed by atoms with Crippen LogP contribution in [0.15, 0.2) is 24.3 Å². The summed E-state index contributed by atoms with van der Waals surface area (Å²) in [6, 6.07) is 6.15. The van der Waals surface area contributed by atoms with Crippen molar-refractivity contribution in [3.05, 3.63) is 24.3 Å². The number of alkyl halides is 2. The molecule has 0 spiro atoms. The molecule has 1 aromatic rings. The van der Waals surface area contributed by atoms with Crippen molar-refractivity contribution in [3.8, 4) is 5.75 Å². The molecule has 0 bridgehead atoms. The molecule has 1 N–H and O–H groups in total. The van der Waals surface area contributed by atoms with Crippen LogP contribution in [0.3, 0.4) is 0 Å². The second kappa shape index (κ2) is 7.42. The molecule has 3 heterocycles. The lowest BCUT2D eigenvalue weighted by molar-refractivity contribution is -0.138. The second-order valence-corrected chi connectivity index (χ2v) is 9.05. The van der Waals surface area contributed by atoms with Gasteiger partial charge in [-0.15, -0.1) is 11.8 Å². The molecule has 2 amide bonds. The lowest BCUT2D eigenvalue weighted by atomic mass is 10.2. The number of nitrogens with one attached hydrogen (secondary N) is 1. The number of fused-ring (bicyclic) bond motifs is 1. The molecular formula is C19H23F2N3O3S. The summed E-state index contributed by atoms with van der Waals surface area (Å²) in [4.78, 5) is 28.5. The highest BCUT2D eigenvalue weighted by atomic mass is 32.2. The molecule has 3 saturated heterocycles. The molecule has 6 nitrogen and oxygen atoms in total. The average Bonchev–Trinajstić information content (AvgIpc) is 3.31. The van der Waals surface area contributed by atoms with Crippen LogP contribution in [0, 0.1) is 0 Å². The van der Waals surface area contributed by atoms with Crippen LogP contribution >= 0.6 is 11.8 Å². The fourth-order valence-corrected chi connectivity index (χ4v) is 5.75. The highest BCUT2D eigenvalue weighted by Gasteiger charge is 2.53. The smallest absolute Gasteiger partial charge is 0.387 e. The van der Waals surface area contributed by atoms with E-state index in [9.17, 15) is 18.4 Å². The van der Waals surface area contributed by atoms with E-state index in [2.05, 4.69) is 10.1 Å². The van der Waals surface area contributed by atoms with Crippen molar-refractivity contribution in [2.24, 2.45) is 0 Å². The average molecular weight is 411 g/mol. The van der Waals surface area contributed by atoms with Gasteiger partial charge in [-0.2, -0.15) is 8.78 Å². The third-order valence-electron chi connectivity index (χ3n) is 5.70. The minimum absolute atomic E-state index is 0.0405. The number of rotatable bonds is 5. The maximum absolute atomic E-state index is 12.8. The topological polar surface area (TPSA) is 61.9 Å². The van der Waals surface area contributed by atoms with Crippen molar-refractivity contribution >= 4 is 29.3 Å². The van der Waals surface area contributed by atoms with Gasteiger partial charge in [-0.05, 0) is 31.9 Å². The largest absolute Gasteiger partial charge is 0.433 e. The van der Waals surface area contributed by atoms with Gasteiger partial charge >= 0.3 is 6.61 Å². The van der Waals surface area contributed by atoms with E-state index in [0.29, 0.717) is 37.4 Å². The zero-order valence-corrected chi connectivity index (χ0v) is 16.4. The van der Waals surface area contributed by atoms with E-state index in [1.807, 2.05) is 11.8 Å². The Morgan fingerprint density at radius 2 is 2.18 bits per heavy atom. The predicted octanol–water partition coefficient (Wildman–Crippen LogP) is 2.44. The number of para-hydroxylation sites is 2. The highest BCUT2D eigenvalue weighted by molar-refractivity contribution is 8.01. The van der Waals surface area contributed by atoms with E-state index in [1.165, 1.54) is 6.07 Å². The monoisotopic (exact) mass is 411 g/mol. The molecule has 1 aromatic carbocycles. The minimum Gasteiger partial charge on any atom is -0.433 e. The first-order chi connectivity index (χ1) is 13.4. The van der Waals surface area contributed by atoms with Crippen molar-refractivity contribution in [1.29, 1.82) is 0 Å². The lowest BCUT2D eigenvalue weighted by Gasteiger charge is -2.30. The summed E-state index contributed by atoms with van der Waals surface area (Å²) in [6.07, 6.45) is 1.98. The van der Waals surface area contributed by atoms with Gasteiger partial charge < -0.3 is 19.9 Å². The van der Waals surface area contributed by atoms with Crippen molar-refractivity contribution in [2.45, 2.75) is 49.8 Å². The fourth-order valence-electron chi connectivity index (χ4n) is 4.32. The molecule has 28 heavy (non-hydrogen) atoms. The van der Waals surface area contributed by atoms with Crippen LogP contribution in [0.1, 0.15) is 26.2 Å². The molecule has 0 aromatic heterocycles. The molecule has 3 atom stereocenters. The van der Waals surface area contributed by atoms with Gasteiger partial charge in [-0.1, -0.05) is 12.1 Å². The molecule has 0 radical (unpaired) electrons. The van der Waals surface area contributed by atoms with Crippen molar-refractivity contribution in [3.63, 3.8) is 0 Å². The summed E-state index contributed by atoms with van der Waals surface area (Å²) in [5.41, 5.74) is 0.596. The van der Waals surface area contributed by atoms with Crippen LogP contribution in [0.25, 0.3) is 0 Å². The van der Waals surface area contributed by atoms with Gasteiger partial charge in [-0.3, -0.25) is 9.59 Å². The molecular weight excluding hydrogens is 388 g/mol. The molecule has 0 saturated carbocycles. The number of ether oxygens (including phenoxy) is 1. The van der Waals surface area contributed by atoms with E-state index < -0.39 is 12.7 Å². The standard InChI is InChI=1S/C19H23F2N3O3S/c1-19-8-6-16(25)24(19)14(11-28-19)17(26)22-12-7-9-23(10-12)13-4-2-3-5-15(13)27-18(20)21/h2-5,12,14,18H,6-11H2,1H3,(H,22,26)/t12-,14-,19+/m1/s1. The molecule has 3 fully saturated rings. The van der Waals surface area contributed by atoms with Crippen molar-refractivity contribution in [1.82, 2.24) is 10.2 Å². The van der Waals surface area contributed by atoms with Gasteiger partial charge in [0.2, 0.25) is 11.8 Å². The minimum atomic E-state index is -2.88. The number of carbonyl (C=O) groups is 2. The van der Waals surface area contributed by atoms with E-state index in [0.717, 1.165) is 6.42 Å². The number of hydrogen-bond donors (Lipinski definition) is 1. The van der Waals surface area contributed by atoms with Crippen LogP contribution in [0.5, 0.6) is 5.75 Å². The number of anilines is 1. The number of nitrogens with zero attached hydrogens (tertiary/aromatic N) is 2. The van der Waals surface area contributed by atoms with Crippen molar-refractivity contribution in [2.75, 3.05) is 23.7 Å². The summed E-state index contributed by atoms with van der Waals surface area (Å²) < 4.78 is 29.9. The van der Waals surface area contributed by atoms with E-state index >= 15 is 0 Å². The molecule has 0 unspecified atom stereocenters. The first kappa shape index (κ1) is 19.3. The van der Waals surface area contributed by atoms with Gasteiger partial charge in [0.05, 0.1) is 10.6 Å².